The van der Waals surface area contributed by atoms with Gasteiger partial charge in [0.15, 0.2) is 0 Å². The topological polar surface area (TPSA) is 69.7 Å². The Morgan fingerprint density at radius 2 is 1.30 bits per heavy atom. The largest absolute Gasteiger partial charge is 0.336 e. The first-order chi connectivity index (χ1) is 19.2. The van der Waals surface area contributed by atoms with Crippen molar-refractivity contribution in [3.63, 3.8) is 0 Å². The minimum atomic E-state index is -3.88. The molecule has 1 saturated heterocycles. The molecule has 206 valence electrons. The number of aryl methyl sites for hydroxylation is 3. The fraction of sp³-hybridized carbons (Fsp3) is 0.242. The highest BCUT2D eigenvalue weighted by atomic mass is 32.2. The van der Waals surface area contributed by atoms with E-state index in [1.165, 1.54) is 17.2 Å². The van der Waals surface area contributed by atoms with E-state index in [0.29, 0.717) is 43.0 Å². The molecule has 1 aliphatic heterocycles. The molecule has 4 aromatic carbocycles. The summed E-state index contributed by atoms with van der Waals surface area (Å²) >= 11 is 0. The molecule has 0 spiro atoms. The van der Waals surface area contributed by atoms with Gasteiger partial charge in [-0.15, -0.1) is 0 Å². The average Bonchev–Trinajstić information content (AvgIpc) is 2.96. The van der Waals surface area contributed by atoms with Crippen LogP contribution in [0.25, 0.3) is 0 Å². The number of benzene rings is 4. The lowest BCUT2D eigenvalue weighted by atomic mass is 9.96. The van der Waals surface area contributed by atoms with Crippen LogP contribution in [0.4, 0.5) is 5.69 Å². The number of piperazine rings is 1. The van der Waals surface area contributed by atoms with E-state index in [4.69, 9.17) is 0 Å². The summed E-state index contributed by atoms with van der Waals surface area (Å²) < 4.78 is 29.5. The molecule has 7 heteroatoms. The molecule has 0 radical (unpaired) electrons. The van der Waals surface area contributed by atoms with Crippen molar-refractivity contribution in [3.8, 4) is 0 Å². The standard InChI is InChI=1S/C33H35N3O3S/c1-24-14-15-25(2)30(22-24)34-40(38,39)31-23-29(17-16-26(31)3)33(37)36-20-18-35(19-21-36)32(27-10-6-4-7-11-27)28-12-8-5-9-13-28/h4-17,22-23,32,34H,18-21H2,1-3H3. The summed E-state index contributed by atoms with van der Waals surface area (Å²) in [6.07, 6.45) is 0. The van der Waals surface area contributed by atoms with Gasteiger partial charge in [-0.1, -0.05) is 78.9 Å². The highest BCUT2D eigenvalue weighted by Gasteiger charge is 2.29. The number of hydrogen-bond acceptors (Lipinski definition) is 4. The summed E-state index contributed by atoms with van der Waals surface area (Å²) in [4.78, 5) is 17.9. The third-order valence-electron chi connectivity index (χ3n) is 7.56. The zero-order chi connectivity index (χ0) is 28.3. The molecule has 0 saturated carbocycles. The van der Waals surface area contributed by atoms with Crippen LogP contribution in [-0.4, -0.2) is 50.3 Å². The molecular formula is C33H35N3O3S. The van der Waals surface area contributed by atoms with E-state index < -0.39 is 10.0 Å². The van der Waals surface area contributed by atoms with E-state index in [-0.39, 0.29) is 16.8 Å². The monoisotopic (exact) mass is 553 g/mol. The molecule has 40 heavy (non-hydrogen) atoms. The highest BCUT2D eigenvalue weighted by molar-refractivity contribution is 7.92. The Morgan fingerprint density at radius 1 is 0.725 bits per heavy atom. The van der Waals surface area contributed by atoms with Crippen LogP contribution in [0.15, 0.2) is 102 Å². The van der Waals surface area contributed by atoms with Gasteiger partial charge in [0.25, 0.3) is 15.9 Å². The number of nitrogens with one attached hydrogen (secondary N) is 1. The lowest BCUT2D eigenvalue weighted by Gasteiger charge is -2.40. The fourth-order valence-electron chi connectivity index (χ4n) is 5.32. The smallest absolute Gasteiger partial charge is 0.262 e. The van der Waals surface area contributed by atoms with Gasteiger partial charge in [0.05, 0.1) is 16.6 Å². The first kappa shape index (κ1) is 27.6. The van der Waals surface area contributed by atoms with Crippen molar-refractivity contribution in [3.05, 3.63) is 130 Å². The van der Waals surface area contributed by atoms with Crippen molar-refractivity contribution in [2.75, 3.05) is 30.9 Å². The maximum atomic E-state index is 13.6. The van der Waals surface area contributed by atoms with E-state index >= 15 is 0 Å². The van der Waals surface area contributed by atoms with Gasteiger partial charge in [-0.25, -0.2) is 8.42 Å². The SMILES string of the molecule is Cc1ccc(C)c(NS(=O)(=O)c2cc(C(=O)N3CCN(C(c4ccccc4)c4ccccc4)CC3)ccc2C)c1. The van der Waals surface area contributed by atoms with E-state index in [1.54, 1.807) is 19.1 Å². The second kappa shape index (κ2) is 11.7. The van der Waals surface area contributed by atoms with Crippen molar-refractivity contribution in [1.82, 2.24) is 9.80 Å². The predicted octanol–water partition coefficient (Wildman–Crippen LogP) is 5.96. The Kier molecular flexibility index (Phi) is 8.05. The third kappa shape index (κ3) is 5.96. The number of anilines is 1. The summed E-state index contributed by atoms with van der Waals surface area (Å²) in [5.74, 6) is -0.154. The van der Waals surface area contributed by atoms with Crippen LogP contribution >= 0.6 is 0 Å². The van der Waals surface area contributed by atoms with Crippen LogP contribution in [-0.2, 0) is 10.0 Å². The molecule has 1 aliphatic rings. The summed E-state index contributed by atoms with van der Waals surface area (Å²) in [5, 5.41) is 0. The molecule has 5 rings (SSSR count). The van der Waals surface area contributed by atoms with Gasteiger partial charge in [0, 0.05) is 31.7 Å². The number of sulfonamides is 1. The minimum absolute atomic E-state index is 0.104. The molecule has 1 fully saturated rings. The summed E-state index contributed by atoms with van der Waals surface area (Å²) in [5.41, 5.74) is 5.75. The molecule has 4 aromatic rings. The number of rotatable bonds is 7. The molecule has 0 aliphatic carbocycles. The second-order valence-electron chi connectivity index (χ2n) is 10.5. The lowest BCUT2D eigenvalue weighted by molar-refractivity contribution is 0.0597. The van der Waals surface area contributed by atoms with Crippen LogP contribution in [0.3, 0.4) is 0 Å². The number of carbonyl (C=O) groups excluding carboxylic acids is 1. The van der Waals surface area contributed by atoms with Crippen LogP contribution in [0.5, 0.6) is 0 Å². The number of nitrogens with zero attached hydrogens (tertiary/aromatic N) is 2. The van der Waals surface area contributed by atoms with Crippen molar-refractivity contribution >= 4 is 21.6 Å². The number of hydrogen-bond donors (Lipinski definition) is 1. The van der Waals surface area contributed by atoms with Crippen LogP contribution in [0.1, 0.15) is 44.2 Å². The Labute approximate surface area is 237 Å². The van der Waals surface area contributed by atoms with Crippen molar-refractivity contribution in [2.45, 2.75) is 31.7 Å². The van der Waals surface area contributed by atoms with Crippen molar-refractivity contribution < 1.29 is 13.2 Å². The normalized spacial score (nSPS) is 14.3. The summed E-state index contributed by atoms with van der Waals surface area (Å²) in [7, 11) is -3.88. The Morgan fingerprint density at radius 3 is 1.90 bits per heavy atom. The fourth-order valence-corrected chi connectivity index (χ4v) is 6.71. The van der Waals surface area contributed by atoms with Crippen molar-refractivity contribution in [2.24, 2.45) is 0 Å². The van der Waals surface area contributed by atoms with Crippen LogP contribution < -0.4 is 4.72 Å². The zero-order valence-electron chi connectivity index (χ0n) is 23.2. The van der Waals surface area contributed by atoms with E-state index in [0.717, 1.165) is 11.1 Å². The molecule has 1 amide bonds. The van der Waals surface area contributed by atoms with E-state index in [1.807, 2.05) is 49.1 Å². The molecule has 0 bridgehead atoms. The maximum absolute atomic E-state index is 13.6. The number of amides is 1. The van der Waals surface area contributed by atoms with Crippen LogP contribution in [0, 0.1) is 20.8 Å². The van der Waals surface area contributed by atoms with Crippen molar-refractivity contribution in [1.29, 1.82) is 0 Å². The minimum Gasteiger partial charge on any atom is -0.336 e. The van der Waals surface area contributed by atoms with Gasteiger partial charge in [-0.05, 0) is 66.8 Å². The highest BCUT2D eigenvalue weighted by Crippen LogP contribution is 2.30. The average molecular weight is 554 g/mol. The van der Waals surface area contributed by atoms with E-state index in [2.05, 4.69) is 58.2 Å². The Bertz CT molecular complexity index is 1560. The quantitative estimate of drug-likeness (QED) is 0.307. The maximum Gasteiger partial charge on any atom is 0.262 e. The summed E-state index contributed by atoms with van der Waals surface area (Å²) in [6, 6.07) is 31.6. The lowest BCUT2D eigenvalue weighted by Crippen LogP contribution is -2.49. The first-order valence-corrected chi connectivity index (χ1v) is 15.1. The predicted molar refractivity (Wildman–Crippen MR) is 160 cm³/mol. The molecule has 1 heterocycles. The van der Waals surface area contributed by atoms with Gasteiger partial charge in [-0.3, -0.25) is 14.4 Å². The summed E-state index contributed by atoms with van der Waals surface area (Å²) in [6.45, 7) is 8.08. The number of carbonyl (C=O) groups is 1. The van der Waals surface area contributed by atoms with Gasteiger partial charge in [-0.2, -0.15) is 0 Å². The second-order valence-corrected chi connectivity index (χ2v) is 12.1. The molecule has 0 atom stereocenters. The molecule has 0 aromatic heterocycles. The van der Waals surface area contributed by atoms with Gasteiger partial charge in [0.2, 0.25) is 0 Å². The van der Waals surface area contributed by atoms with Gasteiger partial charge < -0.3 is 4.90 Å². The Hall–Kier alpha value is -3.94. The van der Waals surface area contributed by atoms with Crippen LogP contribution in [0.2, 0.25) is 0 Å². The van der Waals surface area contributed by atoms with E-state index in [9.17, 15) is 13.2 Å². The zero-order valence-corrected chi connectivity index (χ0v) is 24.0. The Balaban J connectivity index is 1.33. The molecule has 1 N–H and O–H groups in total. The molecule has 0 unspecified atom stereocenters. The van der Waals surface area contributed by atoms with Gasteiger partial charge in [0.1, 0.15) is 0 Å². The third-order valence-corrected chi connectivity index (χ3v) is 9.07. The molecule has 6 nitrogen and oxygen atoms in total. The first-order valence-electron chi connectivity index (χ1n) is 13.6. The van der Waals surface area contributed by atoms with Gasteiger partial charge >= 0.3 is 0 Å². The molecular weight excluding hydrogens is 518 g/mol.